The first-order chi connectivity index (χ1) is 7.86. The van der Waals surface area contributed by atoms with Crippen LogP contribution in [0.5, 0.6) is 0 Å². The molecule has 0 aliphatic heterocycles. The first-order valence-corrected chi connectivity index (χ1v) is 4.47. The van der Waals surface area contributed by atoms with Crippen LogP contribution >= 0.6 is 0 Å². The van der Waals surface area contributed by atoms with Gasteiger partial charge in [-0.15, -0.1) is 0 Å². The molecular weight excluding hydrogens is 235 g/mol. The summed E-state index contributed by atoms with van der Waals surface area (Å²) in [6.07, 6.45) is -4.45. The second-order valence-corrected chi connectivity index (χ2v) is 3.23. The Hall–Kier alpha value is -1.99. The molecule has 0 aliphatic rings. The van der Waals surface area contributed by atoms with Crippen LogP contribution in [0.15, 0.2) is 18.2 Å². The van der Waals surface area contributed by atoms with E-state index in [-0.39, 0.29) is 0 Å². The van der Waals surface area contributed by atoms with Crippen LogP contribution in [-0.2, 0) is 4.79 Å². The molecule has 0 spiro atoms. The number of aliphatic hydroxyl groups excluding tert-OH is 2. The number of carbonyl (C=O) groups is 2. The zero-order valence-corrected chi connectivity index (χ0v) is 8.37. The number of benzene rings is 1. The first-order valence-electron chi connectivity index (χ1n) is 4.47. The van der Waals surface area contributed by atoms with E-state index in [1.807, 2.05) is 0 Å². The van der Waals surface area contributed by atoms with Gasteiger partial charge in [-0.2, -0.15) is 0 Å². The van der Waals surface area contributed by atoms with Crippen LogP contribution in [-0.4, -0.2) is 38.5 Å². The number of rotatable bonds is 4. The van der Waals surface area contributed by atoms with Crippen molar-refractivity contribution < 1.29 is 34.4 Å². The quantitative estimate of drug-likeness (QED) is 0.592. The summed E-state index contributed by atoms with van der Waals surface area (Å²) >= 11 is 0. The predicted molar refractivity (Wildman–Crippen MR) is 52.0 cm³/mol. The minimum Gasteiger partial charge on any atom is -0.479 e. The van der Waals surface area contributed by atoms with Crippen molar-refractivity contribution in [2.75, 3.05) is 0 Å². The van der Waals surface area contributed by atoms with Crippen LogP contribution in [0, 0.1) is 5.82 Å². The molecule has 92 valence electrons. The summed E-state index contributed by atoms with van der Waals surface area (Å²) in [5.41, 5.74) is -1.35. The number of hydrogen-bond acceptors (Lipinski definition) is 4. The molecule has 0 heterocycles. The number of carboxylic acids is 2. The number of hydrogen-bond donors (Lipinski definition) is 4. The van der Waals surface area contributed by atoms with E-state index in [1.54, 1.807) is 0 Å². The van der Waals surface area contributed by atoms with Crippen LogP contribution in [0.25, 0.3) is 0 Å². The highest BCUT2D eigenvalue weighted by Crippen LogP contribution is 2.24. The lowest BCUT2D eigenvalue weighted by Crippen LogP contribution is -2.29. The third-order valence-corrected chi connectivity index (χ3v) is 2.13. The number of halogens is 1. The van der Waals surface area contributed by atoms with Crippen LogP contribution in [0.1, 0.15) is 22.0 Å². The Morgan fingerprint density at radius 1 is 1.18 bits per heavy atom. The molecule has 0 saturated heterocycles. The van der Waals surface area contributed by atoms with Crippen molar-refractivity contribution in [2.24, 2.45) is 0 Å². The van der Waals surface area contributed by atoms with Gasteiger partial charge in [-0.1, -0.05) is 6.07 Å². The monoisotopic (exact) mass is 244 g/mol. The molecule has 0 fully saturated rings. The maximum Gasteiger partial charge on any atom is 0.336 e. The van der Waals surface area contributed by atoms with E-state index in [1.165, 1.54) is 0 Å². The third kappa shape index (κ3) is 2.58. The van der Waals surface area contributed by atoms with Gasteiger partial charge in [0, 0.05) is 5.56 Å². The molecule has 6 nitrogen and oxygen atoms in total. The van der Waals surface area contributed by atoms with Crippen LogP contribution in [0.3, 0.4) is 0 Å². The minimum atomic E-state index is -2.30. The van der Waals surface area contributed by atoms with Crippen molar-refractivity contribution in [1.82, 2.24) is 0 Å². The molecule has 0 amide bonds. The van der Waals surface area contributed by atoms with Gasteiger partial charge in [0.2, 0.25) is 0 Å². The van der Waals surface area contributed by atoms with E-state index in [9.17, 15) is 19.1 Å². The molecule has 2 unspecified atom stereocenters. The molecule has 1 aromatic carbocycles. The first kappa shape index (κ1) is 13.1. The van der Waals surface area contributed by atoms with Crippen molar-refractivity contribution >= 4 is 11.9 Å². The Morgan fingerprint density at radius 3 is 2.24 bits per heavy atom. The summed E-state index contributed by atoms with van der Waals surface area (Å²) < 4.78 is 13.4. The molecule has 0 aliphatic carbocycles. The molecule has 4 N–H and O–H groups in total. The van der Waals surface area contributed by atoms with Gasteiger partial charge in [-0.05, 0) is 12.1 Å². The molecule has 1 rings (SSSR count). The average Bonchev–Trinajstić information content (AvgIpc) is 2.26. The summed E-state index contributed by atoms with van der Waals surface area (Å²) in [6, 6.07) is 2.96. The van der Waals surface area contributed by atoms with Gasteiger partial charge < -0.3 is 20.4 Å². The van der Waals surface area contributed by atoms with Crippen molar-refractivity contribution in [1.29, 1.82) is 0 Å². The Kier molecular flexibility index (Phi) is 3.77. The van der Waals surface area contributed by atoms with Crippen molar-refractivity contribution in [3.8, 4) is 0 Å². The molecule has 1 aromatic rings. The molecule has 7 heteroatoms. The maximum atomic E-state index is 13.4. The lowest BCUT2D eigenvalue weighted by atomic mass is 9.98. The molecule has 2 atom stereocenters. The van der Waals surface area contributed by atoms with Gasteiger partial charge in [0.05, 0.1) is 5.56 Å². The van der Waals surface area contributed by atoms with E-state index in [0.29, 0.717) is 0 Å². The lowest BCUT2D eigenvalue weighted by Gasteiger charge is -2.16. The van der Waals surface area contributed by atoms with Gasteiger partial charge in [0.15, 0.2) is 6.10 Å². The number of carboxylic acid groups (broad SMARTS) is 2. The minimum absolute atomic E-state index is 0.599. The van der Waals surface area contributed by atoms with Crippen molar-refractivity contribution in [2.45, 2.75) is 12.2 Å². The molecule has 0 aromatic heterocycles. The second-order valence-electron chi connectivity index (χ2n) is 3.23. The summed E-state index contributed by atoms with van der Waals surface area (Å²) in [5, 5.41) is 35.7. The summed E-state index contributed by atoms with van der Waals surface area (Å²) in [7, 11) is 0. The highest BCUT2D eigenvalue weighted by molar-refractivity contribution is 5.90. The summed E-state index contributed by atoms with van der Waals surface area (Å²) in [5.74, 6) is -4.41. The van der Waals surface area contributed by atoms with Crippen molar-refractivity contribution in [3.63, 3.8) is 0 Å². The molecule has 0 radical (unpaired) electrons. The number of aliphatic carboxylic acids is 1. The smallest absolute Gasteiger partial charge is 0.336 e. The molecule has 0 saturated carbocycles. The zero-order chi connectivity index (χ0) is 13.2. The highest BCUT2D eigenvalue weighted by atomic mass is 19.1. The molecule has 0 bridgehead atoms. The summed E-state index contributed by atoms with van der Waals surface area (Å²) in [4.78, 5) is 21.2. The van der Waals surface area contributed by atoms with Crippen LogP contribution < -0.4 is 0 Å². The predicted octanol–water partition coefficient (Wildman–Crippen LogP) is 0.00280. The molecular formula is C10H9FO6. The third-order valence-electron chi connectivity index (χ3n) is 2.13. The largest absolute Gasteiger partial charge is 0.479 e. The standard InChI is InChI=1S/C10H9FO6/c11-5-3-1-2-4(9(14)15)6(5)7(12)8(13)10(16)17/h1-3,7-8,12-13H,(H,14,15)(H,16,17). The Balaban J connectivity index is 3.29. The van der Waals surface area contributed by atoms with Crippen molar-refractivity contribution in [3.05, 3.63) is 35.1 Å². The zero-order valence-electron chi connectivity index (χ0n) is 8.37. The molecule has 17 heavy (non-hydrogen) atoms. The van der Waals surface area contributed by atoms with Crippen LogP contribution in [0.2, 0.25) is 0 Å². The second kappa shape index (κ2) is 4.89. The fourth-order valence-electron chi connectivity index (χ4n) is 1.32. The van der Waals surface area contributed by atoms with E-state index in [0.717, 1.165) is 18.2 Å². The van der Waals surface area contributed by atoms with E-state index >= 15 is 0 Å². The van der Waals surface area contributed by atoms with Crippen LogP contribution in [0.4, 0.5) is 4.39 Å². The van der Waals surface area contributed by atoms with Gasteiger partial charge in [0.1, 0.15) is 11.9 Å². The van der Waals surface area contributed by atoms with E-state index < -0.39 is 41.1 Å². The van der Waals surface area contributed by atoms with E-state index in [4.69, 9.17) is 15.3 Å². The van der Waals surface area contributed by atoms with Gasteiger partial charge >= 0.3 is 11.9 Å². The summed E-state index contributed by atoms with van der Waals surface area (Å²) in [6.45, 7) is 0. The normalized spacial score (nSPS) is 14.1. The Labute approximate surface area is 94.6 Å². The fourth-order valence-corrected chi connectivity index (χ4v) is 1.32. The van der Waals surface area contributed by atoms with Gasteiger partial charge in [0.25, 0.3) is 0 Å². The van der Waals surface area contributed by atoms with E-state index in [2.05, 4.69) is 0 Å². The number of aromatic carboxylic acids is 1. The highest BCUT2D eigenvalue weighted by Gasteiger charge is 2.31. The van der Waals surface area contributed by atoms with Gasteiger partial charge in [-0.25, -0.2) is 14.0 Å². The average molecular weight is 244 g/mol. The SMILES string of the molecule is O=C(O)c1cccc(F)c1C(O)C(O)C(=O)O. The Morgan fingerprint density at radius 2 is 1.76 bits per heavy atom. The van der Waals surface area contributed by atoms with Gasteiger partial charge in [-0.3, -0.25) is 0 Å². The fraction of sp³-hybridized carbons (Fsp3) is 0.200. The maximum absolute atomic E-state index is 13.4. The topological polar surface area (TPSA) is 115 Å². The Bertz CT molecular complexity index is 458. The lowest BCUT2D eigenvalue weighted by molar-refractivity contribution is -0.153. The number of aliphatic hydroxyl groups is 2.